The molecule has 39 heavy (non-hydrogen) atoms. The van der Waals surface area contributed by atoms with Gasteiger partial charge in [0.15, 0.2) is 0 Å². The molecule has 4 rings (SSSR count). The molecule has 1 amide bonds. The fourth-order valence-corrected chi connectivity index (χ4v) is 5.01. The van der Waals surface area contributed by atoms with E-state index < -0.39 is 12.1 Å². The topological polar surface area (TPSA) is 38.8 Å². The standard InChI is InChI=1S/C15H19F3N2O.C13H20N2.C2H6.FH/c1-19-9-5-6-12(10-19)11-20(14(21)15(16,17)18)13-7-3-2-4-8-13;1-15-9-5-6-12(11-15)10-14-13-7-3-2-4-8-13;1-2;/h2-4,7-8,12H,5-6,9-11H2,1H3;2-4,7-8,12,14H,5-6,9-11H2,1H3;1-2H3;1H/t2*12-;;/m10../s1/i/hT. The van der Waals surface area contributed by atoms with E-state index in [2.05, 4.69) is 53.9 Å². The van der Waals surface area contributed by atoms with Crippen molar-refractivity contribution in [2.45, 2.75) is 45.7 Å². The van der Waals surface area contributed by atoms with Crippen molar-refractivity contribution in [1.29, 1.82) is 1.45 Å². The Kier molecular flexibility index (Phi) is 14.9. The minimum atomic E-state index is -4.85. The first-order chi connectivity index (χ1) is 19.2. The average molecular weight is 557 g/mol. The molecule has 9 heteroatoms. The molecule has 220 valence electrons. The lowest BCUT2D eigenvalue weighted by atomic mass is 9.97. The van der Waals surface area contributed by atoms with Crippen LogP contribution in [0.15, 0.2) is 60.7 Å². The molecule has 5 nitrogen and oxygen atoms in total. The summed E-state index contributed by atoms with van der Waals surface area (Å²) in [7, 11) is 4.17. The van der Waals surface area contributed by atoms with E-state index in [4.69, 9.17) is 4.72 Å². The highest BCUT2D eigenvalue weighted by Crippen LogP contribution is 2.26. The Labute approximate surface area is 233 Å². The number of anilines is 2. The fraction of sp³-hybridized carbons (Fsp3) is 0.567. The van der Waals surface area contributed by atoms with Gasteiger partial charge >= 0.3 is 12.1 Å². The third-order valence-corrected chi connectivity index (χ3v) is 6.81. The van der Waals surface area contributed by atoms with Gasteiger partial charge in [0, 0.05) is 37.6 Å². The van der Waals surface area contributed by atoms with Crippen molar-refractivity contribution in [3.8, 4) is 0 Å². The van der Waals surface area contributed by atoms with Gasteiger partial charge in [-0.1, -0.05) is 50.2 Å². The second-order valence-electron chi connectivity index (χ2n) is 10.0. The number of nitrogens with one attached hydrogen (secondary N) is 1. The van der Waals surface area contributed by atoms with E-state index in [1.165, 1.54) is 43.8 Å². The van der Waals surface area contributed by atoms with Crippen LogP contribution in [0, 0.1) is 11.8 Å². The Morgan fingerprint density at radius 2 is 1.41 bits per heavy atom. The predicted molar refractivity (Wildman–Crippen MR) is 154 cm³/mol. The number of nitrogens with zero attached hydrogens (tertiary/aromatic N) is 3. The van der Waals surface area contributed by atoms with Crippen molar-refractivity contribution < 1.29 is 22.7 Å². The van der Waals surface area contributed by atoms with E-state index in [0.29, 0.717) is 12.2 Å². The number of halogens is 4. The van der Waals surface area contributed by atoms with Crippen LogP contribution in [-0.4, -0.2) is 76.7 Å². The number of piperidine rings is 2. The average Bonchev–Trinajstić information content (AvgIpc) is 2.97. The monoisotopic (exact) mass is 556 g/mol. The number of carbonyl (C=O) groups excluding carboxylic acids is 1. The smallest absolute Gasteiger partial charge is 0.385 e. The molecule has 2 aromatic rings. The Morgan fingerprint density at radius 3 is 1.92 bits per heavy atom. The molecule has 2 aliphatic rings. The summed E-state index contributed by atoms with van der Waals surface area (Å²) in [6, 6.07) is 18.5. The van der Waals surface area contributed by atoms with Crippen LogP contribution in [0.3, 0.4) is 0 Å². The van der Waals surface area contributed by atoms with Crippen molar-refractivity contribution >= 4 is 17.3 Å². The summed E-state index contributed by atoms with van der Waals surface area (Å²) >= 11 is 0. The van der Waals surface area contributed by atoms with Gasteiger partial charge in [-0.05, 0) is 89.0 Å². The molecule has 0 unspecified atom stereocenters. The molecule has 2 aliphatic heterocycles. The third kappa shape index (κ3) is 12.4. The largest absolute Gasteiger partial charge is 0.471 e. The maximum Gasteiger partial charge on any atom is 0.471 e. The van der Waals surface area contributed by atoms with Crippen LogP contribution in [0.5, 0.6) is 0 Å². The summed E-state index contributed by atoms with van der Waals surface area (Å²) in [5, 5.41) is 3.51. The number of amides is 1. The highest BCUT2D eigenvalue weighted by Gasteiger charge is 2.43. The molecule has 2 saturated heterocycles. The first-order valence-electron chi connectivity index (χ1n) is 14.2. The van der Waals surface area contributed by atoms with Crippen molar-refractivity contribution in [2.24, 2.45) is 11.8 Å². The highest BCUT2D eigenvalue weighted by atomic mass is 19.4. The minimum absolute atomic E-state index is 0.0651. The van der Waals surface area contributed by atoms with Crippen LogP contribution in [0.2, 0.25) is 0 Å². The Bertz CT molecular complexity index is 921. The van der Waals surface area contributed by atoms with Crippen LogP contribution in [0.25, 0.3) is 0 Å². The SMILES string of the molecule is CC.CN1CCC[C@@H](CN(C(=O)C(F)(F)F)c2ccccc2)C1.CN1CCC[C@@H](CNc2ccccc2)C1.[3H]F. The van der Waals surface area contributed by atoms with Gasteiger partial charge in [0.25, 0.3) is 1.45 Å². The summed E-state index contributed by atoms with van der Waals surface area (Å²) in [6.07, 6.45) is -0.346. The number of alkyl halides is 3. The summed E-state index contributed by atoms with van der Waals surface area (Å²) in [6.45, 7) is 9.38. The zero-order chi connectivity index (χ0) is 30.0. The van der Waals surface area contributed by atoms with Gasteiger partial charge in [0.1, 0.15) is 0 Å². The van der Waals surface area contributed by atoms with Gasteiger partial charge in [0.2, 0.25) is 0 Å². The van der Waals surface area contributed by atoms with E-state index >= 15 is 0 Å². The van der Waals surface area contributed by atoms with Gasteiger partial charge < -0.3 is 20.0 Å². The molecule has 0 bridgehead atoms. The molecule has 1 N–H and O–H groups in total. The molecule has 2 aromatic carbocycles. The molecular formula is C30H46F4N4O. The Morgan fingerprint density at radius 1 is 0.923 bits per heavy atom. The number of carbonyl (C=O) groups is 1. The zero-order valence-corrected chi connectivity index (χ0v) is 23.8. The second-order valence-corrected chi connectivity index (χ2v) is 10.0. The number of hydrogen-bond acceptors (Lipinski definition) is 4. The van der Waals surface area contributed by atoms with Crippen LogP contribution in [-0.2, 0) is 4.79 Å². The molecular weight excluding hydrogens is 508 g/mol. The predicted octanol–water partition coefficient (Wildman–Crippen LogP) is 6.54. The van der Waals surface area contributed by atoms with E-state index in [9.17, 15) is 18.0 Å². The molecule has 0 saturated carbocycles. The third-order valence-electron chi connectivity index (χ3n) is 6.81. The quantitative estimate of drug-likeness (QED) is 0.410. The summed E-state index contributed by atoms with van der Waals surface area (Å²) < 4.78 is 51.4. The molecule has 2 atom stereocenters. The van der Waals surface area contributed by atoms with Crippen LogP contribution >= 0.6 is 0 Å². The Hall–Kier alpha value is -2.65. The Balaban J connectivity index is 0.000000370. The second kappa shape index (κ2) is 17.8. The van der Waals surface area contributed by atoms with E-state index in [1.54, 1.807) is 18.2 Å². The molecule has 0 aliphatic carbocycles. The van der Waals surface area contributed by atoms with Crippen molar-refractivity contribution in [3.63, 3.8) is 0 Å². The molecule has 0 spiro atoms. The van der Waals surface area contributed by atoms with Crippen molar-refractivity contribution in [2.75, 3.05) is 63.6 Å². The lowest BCUT2D eigenvalue weighted by molar-refractivity contribution is -0.170. The summed E-state index contributed by atoms with van der Waals surface area (Å²) in [5.74, 6) is -0.916. The van der Waals surface area contributed by atoms with Gasteiger partial charge in [-0.2, -0.15) is 13.2 Å². The maximum absolute atomic E-state index is 12.8. The van der Waals surface area contributed by atoms with E-state index in [1.807, 2.05) is 20.9 Å². The normalized spacial score (nSPS) is 19.9. The maximum atomic E-state index is 12.8. The van der Waals surface area contributed by atoms with Gasteiger partial charge in [-0.25, -0.2) is 0 Å². The van der Waals surface area contributed by atoms with Crippen LogP contribution in [0.1, 0.15) is 39.5 Å². The van der Waals surface area contributed by atoms with Gasteiger partial charge in [-0.3, -0.25) is 9.51 Å². The molecule has 0 aromatic heterocycles. The van der Waals surface area contributed by atoms with Crippen molar-refractivity contribution in [1.82, 2.24) is 9.80 Å². The summed E-state index contributed by atoms with van der Waals surface area (Å²) in [5.41, 5.74) is 1.54. The lowest BCUT2D eigenvalue weighted by Gasteiger charge is -2.34. The molecule has 2 heterocycles. The van der Waals surface area contributed by atoms with Gasteiger partial charge in [-0.15, -0.1) is 0 Å². The summed E-state index contributed by atoms with van der Waals surface area (Å²) in [4.78, 5) is 17.1. The first kappa shape index (κ1) is 32.6. The van der Waals surface area contributed by atoms with Crippen LogP contribution in [0.4, 0.5) is 29.3 Å². The minimum Gasteiger partial charge on any atom is -0.385 e. The molecule has 2 fully saturated rings. The number of para-hydroxylation sites is 2. The van der Waals surface area contributed by atoms with E-state index in [0.717, 1.165) is 36.7 Å². The van der Waals surface area contributed by atoms with Crippen molar-refractivity contribution in [3.05, 3.63) is 60.7 Å². The number of benzene rings is 2. The number of rotatable bonds is 6. The zero-order valence-electron chi connectivity index (χ0n) is 24.8. The fourth-order valence-electron chi connectivity index (χ4n) is 5.01. The lowest BCUT2D eigenvalue weighted by Crippen LogP contribution is -2.46. The number of likely N-dealkylation sites (tertiary alicyclic amines) is 2. The first-order valence-corrected chi connectivity index (χ1v) is 13.8. The van der Waals surface area contributed by atoms with Gasteiger partial charge in [0.05, 0.1) is 0 Å². The van der Waals surface area contributed by atoms with E-state index in [-0.39, 0.29) is 12.5 Å². The van der Waals surface area contributed by atoms with Crippen LogP contribution < -0.4 is 10.2 Å². The highest BCUT2D eigenvalue weighted by molar-refractivity contribution is 5.97. The number of hydrogen-bond donors (Lipinski definition) is 1. The molecule has 0 radical (unpaired) electrons.